The highest BCUT2D eigenvalue weighted by atomic mass is 16.2. The lowest BCUT2D eigenvalue weighted by molar-refractivity contribution is 0.0763. The molecule has 6 nitrogen and oxygen atoms in total. The van der Waals surface area contributed by atoms with Crippen molar-refractivity contribution in [2.24, 2.45) is 0 Å². The van der Waals surface area contributed by atoms with Gasteiger partial charge in [0.25, 0.3) is 5.91 Å². The van der Waals surface area contributed by atoms with Crippen molar-refractivity contribution in [2.45, 2.75) is 31.7 Å². The quantitative estimate of drug-likeness (QED) is 0.838. The van der Waals surface area contributed by atoms with Crippen molar-refractivity contribution in [3.63, 3.8) is 0 Å². The molecular formula is C12H21N5O. The number of H-pyrrole nitrogens is 1. The van der Waals surface area contributed by atoms with Gasteiger partial charge in [0, 0.05) is 26.2 Å². The third kappa shape index (κ3) is 3.07. The SMILES string of the molecule is CN(CCN(C)C1CCCC1)C(=O)c1ncn[nH]1. The second kappa shape index (κ2) is 5.95. The summed E-state index contributed by atoms with van der Waals surface area (Å²) >= 11 is 0. The highest BCUT2D eigenvalue weighted by molar-refractivity contribution is 5.90. The minimum Gasteiger partial charge on any atom is -0.338 e. The topological polar surface area (TPSA) is 65.1 Å². The first kappa shape index (κ1) is 13.0. The van der Waals surface area contributed by atoms with E-state index in [1.165, 1.54) is 32.0 Å². The van der Waals surface area contributed by atoms with Crippen LogP contribution in [0.2, 0.25) is 0 Å². The van der Waals surface area contributed by atoms with E-state index in [2.05, 4.69) is 27.1 Å². The Balaban J connectivity index is 1.77. The van der Waals surface area contributed by atoms with Crippen molar-refractivity contribution < 1.29 is 4.79 Å². The molecular weight excluding hydrogens is 230 g/mol. The molecule has 18 heavy (non-hydrogen) atoms. The summed E-state index contributed by atoms with van der Waals surface area (Å²) in [6, 6.07) is 0.693. The summed E-state index contributed by atoms with van der Waals surface area (Å²) < 4.78 is 0. The van der Waals surface area contributed by atoms with Gasteiger partial charge in [-0.1, -0.05) is 12.8 Å². The number of rotatable bonds is 5. The number of nitrogens with one attached hydrogen (secondary N) is 1. The van der Waals surface area contributed by atoms with E-state index in [0.717, 1.165) is 6.54 Å². The monoisotopic (exact) mass is 251 g/mol. The molecule has 0 bridgehead atoms. The van der Waals surface area contributed by atoms with E-state index in [1.807, 2.05) is 0 Å². The maximum Gasteiger partial charge on any atom is 0.290 e. The molecule has 2 rings (SSSR count). The van der Waals surface area contributed by atoms with E-state index in [0.29, 0.717) is 18.4 Å². The maximum atomic E-state index is 11.9. The normalized spacial score (nSPS) is 16.4. The molecule has 1 N–H and O–H groups in total. The average Bonchev–Trinajstić information content (AvgIpc) is 3.05. The third-order valence-electron chi connectivity index (χ3n) is 3.70. The molecule has 0 aromatic carbocycles. The largest absolute Gasteiger partial charge is 0.338 e. The molecule has 1 aromatic rings. The number of nitrogens with zero attached hydrogens (tertiary/aromatic N) is 4. The van der Waals surface area contributed by atoms with Crippen LogP contribution >= 0.6 is 0 Å². The molecule has 0 radical (unpaired) electrons. The third-order valence-corrected chi connectivity index (χ3v) is 3.70. The molecule has 0 aliphatic heterocycles. The van der Waals surface area contributed by atoms with E-state index in [4.69, 9.17) is 0 Å². The van der Waals surface area contributed by atoms with Crippen LogP contribution in [0, 0.1) is 0 Å². The van der Waals surface area contributed by atoms with Crippen molar-refractivity contribution in [1.29, 1.82) is 0 Å². The number of aromatic amines is 1. The van der Waals surface area contributed by atoms with Crippen LogP contribution in [0.3, 0.4) is 0 Å². The summed E-state index contributed by atoms with van der Waals surface area (Å²) in [5.74, 6) is 0.202. The van der Waals surface area contributed by atoms with Gasteiger partial charge in [-0.3, -0.25) is 9.89 Å². The van der Waals surface area contributed by atoms with Gasteiger partial charge in [0.15, 0.2) is 0 Å². The fraction of sp³-hybridized carbons (Fsp3) is 0.750. The van der Waals surface area contributed by atoms with Gasteiger partial charge >= 0.3 is 0 Å². The van der Waals surface area contributed by atoms with Gasteiger partial charge in [0.05, 0.1) is 0 Å². The molecule has 0 saturated heterocycles. The maximum absolute atomic E-state index is 11.9. The fourth-order valence-corrected chi connectivity index (χ4v) is 2.43. The molecule has 0 unspecified atom stereocenters. The molecule has 0 atom stereocenters. The lowest BCUT2D eigenvalue weighted by Gasteiger charge is -2.26. The zero-order valence-electron chi connectivity index (χ0n) is 11.1. The Morgan fingerprint density at radius 1 is 1.39 bits per heavy atom. The fourth-order valence-electron chi connectivity index (χ4n) is 2.43. The van der Waals surface area contributed by atoms with Crippen molar-refractivity contribution >= 4 is 5.91 Å². The van der Waals surface area contributed by atoms with Crippen LogP contribution in [0.15, 0.2) is 6.33 Å². The molecule has 1 saturated carbocycles. The van der Waals surface area contributed by atoms with Crippen molar-refractivity contribution in [1.82, 2.24) is 25.0 Å². The predicted molar refractivity (Wildman–Crippen MR) is 68.2 cm³/mol. The van der Waals surface area contributed by atoms with Gasteiger partial charge in [-0.05, 0) is 19.9 Å². The van der Waals surface area contributed by atoms with Gasteiger partial charge in [-0.15, -0.1) is 0 Å². The second-order valence-electron chi connectivity index (χ2n) is 4.98. The van der Waals surface area contributed by atoms with Crippen LogP contribution in [0.25, 0.3) is 0 Å². The van der Waals surface area contributed by atoms with Crippen molar-refractivity contribution in [3.05, 3.63) is 12.2 Å². The van der Waals surface area contributed by atoms with E-state index >= 15 is 0 Å². The average molecular weight is 251 g/mol. The van der Waals surface area contributed by atoms with Crippen LogP contribution < -0.4 is 0 Å². The molecule has 100 valence electrons. The number of amides is 1. The van der Waals surface area contributed by atoms with E-state index < -0.39 is 0 Å². The smallest absolute Gasteiger partial charge is 0.290 e. The first-order chi connectivity index (χ1) is 8.68. The Hall–Kier alpha value is -1.43. The van der Waals surface area contributed by atoms with E-state index in [1.54, 1.807) is 11.9 Å². The second-order valence-corrected chi connectivity index (χ2v) is 4.98. The van der Waals surface area contributed by atoms with E-state index in [9.17, 15) is 4.79 Å². The zero-order valence-corrected chi connectivity index (χ0v) is 11.1. The Bertz CT molecular complexity index is 372. The lowest BCUT2D eigenvalue weighted by Crippen LogP contribution is -2.38. The number of likely N-dealkylation sites (N-methyl/N-ethyl adjacent to an activating group) is 2. The first-order valence-electron chi connectivity index (χ1n) is 6.49. The molecule has 1 aliphatic rings. The standard InChI is InChI=1S/C12H21N5O/c1-16(10-5-3-4-6-10)7-8-17(2)12(18)11-13-9-14-15-11/h9-10H,3-8H2,1-2H3,(H,13,14,15). The minimum absolute atomic E-state index is 0.104. The Morgan fingerprint density at radius 2 is 2.11 bits per heavy atom. The molecule has 0 spiro atoms. The van der Waals surface area contributed by atoms with Gasteiger partial charge in [0.1, 0.15) is 6.33 Å². The lowest BCUT2D eigenvalue weighted by atomic mass is 10.2. The summed E-state index contributed by atoms with van der Waals surface area (Å²) in [7, 11) is 3.94. The van der Waals surface area contributed by atoms with Gasteiger partial charge < -0.3 is 9.80 Å². The highest BCUT2D eigenvalue weighted by Gasteiger charge is 2.20. The van der Waals surface area contributed by atoms with Crippen LogP contribution in [-0.4, -0.2) is 64.1 Å². The number of hydrogen-bond donors (Lipinski definition) is 1. The van der Waals surface area contributed by atoms with Gasteiger partial charge in [-0.2, -0.15) is 5.10 Å². The van der Waals surface area contributed by atoms with Crippen LogP contribution in [0.5, 0.6) is 0 Å². The number of carbonyl (C=O) groups excluding carboxylic acids is 1. The first-order valence-corrected chi connectivity index (χ1v) is 6.49. The van der Waals surface area contributed by atoms with Crippen molar-refractivity contribution in [3.8, 4) is 0 Å². The Kier molecular flexibility index (Phi) is 4.30. The van der Waals surface area contributed by atoms with Crippen molar-refractivity contribution in [2.75, 3.05) is 27.2 Å². The highest BCUT2D eigenvalue weighted by Crippen LogP contribution is 2.21. The van der Waals surface area contributed by atoms with Crippen LogP contribution in [0.1, 0.15) is 36.3 Å². The molecule has 1 amide bonds. The van der Waals surface area contributed by atoms with Gasteiger partial charge in [-0.25, -0.2) is 4.98 Å². The summed E-state index contributed by atoms with van der Waals surface area (Å²) in [4.78, 5) is 19.8. The predicted octanol–water partition coefficient (Wildman–Crippen LogP) is 0.751. The molecule has 1 heterocycles. The number of aromatic nitrogens is 3. The molecule has 6 heteroatoms. The van der Waals surface area contributed by atoms with Crippen LogP contribution in [-0.2, 0) is 0 Å². The molecule has 1 fully saturated rings. The van der Waals surface area contributed by atoms with Gasteiger partial charge in [0.2, 0.25) is 5.82 Å². The summed E-state index contributed by atoms with van der Waals surface area (Å²) in [6.45, 7) is 1.62. The molecule has 1 aromatic heterocycles. The van der Waals surface area contributed by atoms with Crippen LogP contribution in [0.4, 0.5) is 0 Å². The Labute approximate surface area is 107 Å². The number of carbonyl (C=O) groups is 1. The minimum atomic E-state index is -0.104. The van der Waals surface area contributed by atoms with E-state index in [-0.39, 0.29) is 5.91 Å². The summed E-state index contributed by atoms with van der Waals surface area (Å²) in [6.07, 6.45) is 6.60. The summed E-state index contributed by atoms with van der Waals surface area (Å²) in [5.41, 5.74) is 0. The Morgan fingerprint density at radius 3 is 2.72 bits per heavy atom. The zero-order chi connectivity index (χ0) is 13.0. The summed E-state index contributed by atoms with van der Waals surface area (Å²) in [5, 5.41) is 6.28. The molecule has 1 aliphatic carbocycles. The number of hydrogen-bond acceptors (Lipinski definition) is 4.